The highest BCUT2D eigenvalue weighted by Crippen LogP contribution is 2.43. The van der Waals surface area contributed by atoms with Crippen LogP contribution in [-0.2, 0) is 4.79 Å². The van der Waals surface area contributed by atoms with Crippen molar-refractivity contribution in [1.82, 2.24) is 15.1 Å². The molecule has 0 unspecified atom stereocenters. The molecule has 172 valence electrons. The molecule has 3 atom stereocenters. The lowest BCUT2D eigenvalue weighted by atomic mass is 9.73. The molecule has 2 heterocycles. The van der Waals surface area contributed by atoms with Crippen molar-refractivity contribution >= 4 is 24.1 Å². The van der Waals surface area contributed by atoms with Gasteiger partial charge in [-0.3, -0.25) is 4.79 Å². The lowest BCUT2D eigenvalue weighted by Gasteiger charge is -2.58. The van der Waals surface area contributed by atoms with Crippen molar-refractivity contribution in [3.8, 4) is 0 Å². The van der Waals surface area contributed by atoms with Crippen LogP contribution in [0, 0.1) is 0 Å². The second-order valence-corrected chi connectivity index (χ2v) is 9.37. The van der Waals surface area contributed by atoms with Crippen LogP contribution in [0.5, 0.6) is 0 Å². The van der Waals surface area contributed by atoms with Gasteiger partial charge in [0.05, 0.1) is 18.7 Å². The minimum absolute atomic E-state index is 0.0215. The Labute approximate surface area is 194 Å². The highest BCUT2D eigenvalue weighted by Gasteiger charge is 2.54. The first-order valence-electron chi connectivity index (χ1n) is 11.9. The van der Waals surface area contributed by atoms with E-state index >= 15 is 0 Å². The number of fused-ring (bicyclic) bond motifs is 1. The Bertz CT molecular complexity index is 1010. The molecule has 1 saturated carbocycles. The molecule has 0 radical (unpaired) electrons. The van der Waals surface area contributed by atoms with E-state index in [1.54, 1.807) is 9.80 Å². The number of benzene rings is 2. The van der Waals surface area contributed by atoms with Gasteiger partial charge < -0.3 is 20.2 Å². The number of nitrogens with one attached hydrogen (secondary N) is 1. The normalized spacial score (nSPS) is 25.2. The quantitative estimate of drug-likeness (QED) is 0.692. The van der Waals surface area contributed by atoms with Gasteiger partial charge in [-0.1, -0.05) is 79.6 Å². The fourth-order valence-electron chi connectivity index (χ4n) is 5.58. The molecule has 3 fully saturated rings. The standard InChI is InChI=1S/C27H31N3O3/c31-18-24-26(21-14-12-20(13-15-21)11-10-19-6-2-1-3-7-19)23-16-29(17-25(32)30(23)24)27(33)28-22-8-4-5-9-22/h1-3,6-7,10-15,22-24,26,31H,4-5,8-9,16-18H2,(H,28,33)/b11-10+/t23-,24+,26-/m1/s1. The van der Waals surface area contributed by atoms with Gasteiger partial charge in [-0.15, -0.1) is 0 Å². The summed E-state index contributed by atoms with van der Waals surface area (Å²) in [6.07, 6.45) is 8.49. The number of carbonyl (C=O) groups is 2. The van der Waals surface area contributed by atoms with E-state index in [4.69, 9.17) is 0 Å². The van der Waals surface area contributed by atoms with Crippen molar-refractivity contribution in [2.75, 3.05) is 19.7 Å². The third kappa shape index (κ3) is 4.40. The Morgan fingerprint density at radius 2 is 1.67 bits per heavy atom. The SMILES string of the molecule is O=C(NC1CCCC1)N1CC(=O)N2[C@H](C1)[C@@H](c1ccc(/C=C/c3ccccc3)cc1)[C@@H]2CO. The molecule has 2 N–H and O–H groups in total. The van der Waals surface area contributed by atoms with Crippen molar-refractivity contribution < 1.29 is 14.7 Å². The molecule has 0 bridgehead atoms. The average molecular weight is 446 g/mol. The van der Waals surface area contributed by atoms with E-state index in [0.717, 1.165) is 42.4 Å². The Hall–Kier alpha value is -3.12. The van der Waals surface area contributed by atoms with Gasteiger partial charge in [-0.2, -0.15) is 0 Å². The molecule has 6 heteroatoms. The van der Waals surface area contributed by atoms with Crippen molar-refractivity contribution in [1.29, 1.82) is 0 Å². The zero-order valence-corrected chi connectivity index (χ0v) is 18.8. The molecule has 33 heavy (non-hydrogen) atoms. The van der Waals surface area contributed by atoms with Crippen molar-refractivity contribution in [2.24, 2.45) is 0 Å². The second-order valence-electron chi connectivity index (χ2n) is 9.37. The zero-order chi connectivity index (χ0) is 22.8. The third-order valence-corrected chi connectivity index (χ3v) is 7.31. The fraction of sp³-hybridized carbons (Fsp3) is 0.407. The maximum absolute atomic E-state index is 12.8. The number of aliphatic hydroxyl groups is 1. The average Bonchev–Trinajstić information content (AvgIpc) is 3.33. The van der Waals surface area contributed by atoms with E-state index in [1.807, 2.05) is 18.2 Å². The summed E-state index contributed by atoms with van der Waals surface area (Å²) in [6, 6.07) is 18.2. The first-order valence-corrected chi connectivity index (χ1v) is 11.9. The number of amides is 3. The van der Waals surface area contributed by atoms with Gasteiger partial charge in [0, 0.05) is 18.5 Å². The van der Waals surface area contributed by atoms with Crippen LogP contribution < -0.4 is 5.32 Å². The Kier molecular flexibility index (Phi) is 6.18. The fourth-order valence-corrected chi connectivity index (χ4v) is 5.58. The predicted octanol–water partition coefficient (Wildman–Crippen LogP) is 3.48. The van der Waals surface area contributed by atoms with Gasteiger partial charge in [0.25, 0.3) is 0 Å². The lowest BCUT2D eigenvalue weighted by Crippen LogP contribution is -2.74. The summed E-state index contributed by atoms with van der Waals surface area (Å²) in [5, 5.41) is 13.1. The second kappa shape index (κ2) is 9.40. The van der Waals surface area contributed by atoms with E-state index in [0.29, 0.717) is 6.54 Å². The van der Waals surface area contributed by atoms with E-state index in [2.05, 4.69) is 53.9 Å². The van der Waals surface area contributed by atoms with Crippen LogP contribution in [0.2, 0.25) is 0 Å². The van der Waals surface area contributed by atoms with Gasteiger partial charge in [0.15, 0.2) is 0 Å². The van der Waals surface area contributed by atoms with E-state index < -0.39 is 0 Å². The first-order chi connectivity index (χ1) is 16.1. The summed E-state index contributed by atoms with van der Waals surface area (Å²) in [4.78, 5) is 29.0. The molecule has 2 aromatic rings. The highest BCUT2D eigenvalue weighted by molar-refractivity contribution is 5.87. The summed E-state index contributed by atoms with van der Waals surface area (Å²) in [7, 11) is 0. The van der Waals surface area contributed by atoms with Crippen molar-refractivity contribution in [3.63, 3.8) is 0 Å². The monoisotopic (exact) mass is 445 g/mol. The number of urea groups is 1. The molecular formula is C27H31N3O3. The van der Waals surface area contributed by atoms with Crippen LogP contribution in [0.25, 0.3) is 12.2 Å². The number of piperazine rings is 1. The number of carbonyl (C=O) groups excluding carboxylic acids is 2. The van der Waals surface area contributed by atoms with E-state index in [9.17, 15) is 14.7 Å². The van der Waals surface area contributed by atoms with Gasteiger partial charge >= 0.3 is 6.03 Å². The maximum Gasteiger partial charge on any atom is 0.318 e. The molecular weight excluding hydrogens is 414 g/mol. The summed E-state index contributed by atoms with van der Waals surface area (Å²) in [5.74, 6) is -0.0567. The zero-order valence-electron chi connectivity index (χ0n) is 18.8. The number of aliphatic hydroxyl groups excluding tert-OH is 1. The molecule has 0 aromatic heterocycles. The van der Waals surface area contributed by atoms with Crippen LogP contribution in [0.3, 0.4) is 0 Å². The topological polar surface area (TPSA) is 72.9 Å². The van der Waals surface area contributed by atoms with Crippen molar-refractivity contribution in [3.05, 3.63) is 71.3 Å². The molecule has 2 aromatic carbocycles. The van der Waals surface area contributed by atoms with Gasteiger partial charge in [-0.25, -0.2) is 4.79 Å². The Balaban J connectivity index is 1.28. The van der Waals surface area contributed by atoms with Gasteiger partial charge in [0.1, 0.15) is 6.54 Å². The number of hydrogen-bond acceptors (Lipinski definition) is 3. The minimum atomic E-state index is -0.228. The Morgan fingerprint density at radius 1 is 1.00 bits per heavy atom. The molecule has 3 aliphatic rings. The molecule has 0 spiro atoms. The van der Waals surface area contributed by atoms with Crippen LogP contribution in [0.15, 0.2) is 54.6 Å². The summed E-state index contributed by atoms with van der Waals surface area (Å²) in [6.45, 7) is 0.513. The molecule has 6 nitrogen and oxygen atoms in total. The first kappa shape index (κ1) is 21.7. The maximum atomic E-state index is 12.8. The summed E-state index contributed by atoms with van der Waals surface area (Å²) < 4.78 is 0. The minimum Gasteiger partial charge on any atom is -0.394 e. The van der Waals surface area contributed by atoms with Crippen LogP contribution in [0.1, 0.15) is 48.3 Å². The number of hydrogen-bond donors (Lipinski definition) is 2. The smallest absolute Gasteiger partial charge is 0.318 e. The Morgan fingerprint density at radius 3 is 2.33 bits per heavy atom. The van der Waals surface area contributed by atoms with E-state index in [1.165, 1.54) is 0 Å². The highest BCUT2D eigenvalue weighted by atomic mass is 16.3. The van der Waals surface area contributed by atoms with Crippen LogP contribution in [0.4, 0.5) is 4.79 Å². The molecule has 1 aliphatic carbocycles. The van der Waals surface area contributed by atoms with Gasteiger partial charge in [-0.05, 0) is 29.5 Å². The molecule has 5 rings (SSSR count). The molecule has 3 amide bonds. The van der Waals surface area contributed by atoms with Crippen LogP contribution >= 0.6 is 0 Å². The number of nitrogens with zero attached hydrogens (tertiary/aromatic N) is 2. The molecule has 2 aliphatic heterocycles. The summed E-state index contributed by atoms with van der Waals surface area (Å²) >= 11 is 0. The predicted molar refractivity (Wildman–Crippen MR) is 128 cm³/mol. The largest absolute Gasteiger partial charge is 0.394 e. The van der Waals surface area contributed by atoms with Gasteiger partial charge in [0.2, 0.25) is 5.91 Å². The summed E-state index contributed by atoms with van der Waals surface area (Å²) in [5.41, 5.74) is 3.34. The molecule has 2 saturated heterocycles. The lowest BCUT2D eigenvalue weighted by molar-refractivity contribution is -0.159. The van der Waals surface area contributed by atoms with Crippen LogP contribution in [-0.4, -0.2) is 64.7 Å². The van der Waals surface area contributed by atoms with E-state index in [-0.39, 0.29) is 49.1 Å². The number of rotatable bonds is 5. The van der Waals surface area contributed by atoms with Crippen molar-refractivity contribution in [2.45, 2.75) is 49.7 Å². The third-order valence-electron chi connectivity index (χ3n) is 7.31.